The van der Waals surface area contributed by atoms with E-state index in [1.165, 1.54) is 17.4 Å². The fraction of sp³-hybridized carbons (Fsp3) is 0.214. The van der Waals surface area contributed by atoms with E-state index in [-0.39, 0.29) is 18.1 Å². The van der Waals surface area contributed by atoms with Crippen molar-refractivity contribution in [2.75, 3.05) is 6.61 Å². The first-order chi connectivity index (χ1) is 9.58. The molecule has 0 bridgehead atoms. The highest BCUT2D eigenvalue weighted by atomic mass is 79.9. The van der Waals surface area contributed by atoms with E-state index in [1.807, 2.05) is 11.4 Å². The molecule has 0 radical (unpaired) electrons. The number of hydrogen-bond donors (Lipinski definition) is 0. The maximum atomic E-state index is 13.4. The highest BCUT2D eigenvalue weighted by molar-refractivity contribution is 9.10. The molecule has 0 amide bonds. The highest BCUT2D eigenvalue weighted by Crippen LogP contribution is 2.25. The standard InChI is InChI=1S/C14H11BrF2O2S/c15-9-7-10(16)14(17)12(8-9)19-5-1-3-11(18)13-4-2-6-20-13/h2,4,6-8H,1,3,5H2. The molecular weight excluding hydrogens is 350 g/mol. The van der Waals surface area contributed by atoms with Crippen molar-refractivity contribution in [3.05, 3.63) is 50.6 Å². The van der Waals surface area contributed by atoms with E-state index in [9.17, 15) is 13.6 Å². The first kappa shape index (κ1) is 15.1. The minimum Gasteiger partial charge on any atom is -0.490 e. The molecule has 6 heteroatoms. The van der Waals surface area contributed by atoms with Crippen molar-refractivity contribution in [3.63, 3.8) is 0 Å². The Morgan fingerprint density at radius 2 is 2.15 bits per heavy atom. The summed E-state index contributed by atoms with van der Waals surface area (Å²) in [6, 6.07) is 5.97. The molecule has 0 spiro atoms. The van der Waals surface area contributed by atoms with Gasteiger partial charge in [-0.05, 0) is 30.0 Å². The largest absolute Gasteiger partial charge is 0.490 e. The lowest BCUT2D eigenvalue weighted by molar-refractivity contribution is 0.0977. The number of carbonyl (C=O) groups excluding carboxylic acids is 1. The Labute approximate surface area is 127 Å². The van der Waals surface area contributed by atoms with Crippen LogP contribution in [0, 0.1) is 11.6 Å². The summed E-state index contributed by atoms with van der Waals surface area (Å²) in [5, 5.41) is 1.84. The summed E-state index contributed by atoms with van der Waals surface area (Å²) < 4.78 is 32.1. The molecule has 0 atom stereocenters. The number of benzene rings is 1. The highest BCUT2D eigenvalue weighted by Gasteiger charge is 2.12. The van der Waals surface area contributed by atoms with Crippen molar-refractivity contribution >= 4 is 33.0 Å². The smallest absolute Gasteiger partial charge is 0.200 e. The van der Waals surface area contributed by atoms with E-state index in [4.69, 9.17) is 4.74 Å². The van der Waals surface area contributed by atoms with Gasteiger partial charge in [0.05, 0.1) is 11.5 Å². The van der Waals surface area contributed by atoms with Gasteiger partial charge in [-0.2, -0.15) is 4.39 Å². The quantitative estimate of drug-likeness (QED) is 0.419. The number of ketones is 1. The van der Waals surface area contributed by atoms with Gasteiger partial charge < -0.3 is 4.74 Å². The van der Waals surface area contributed by atoms with Crippen LogP contribution in [0.2, 0.25) is 0 Å². The van der Waals surface area contributed by atoms with Gasteiger partial charge in [0.15, 0.2) is 17.3 Å². The van der Waals surface area contributed by atoms with Crippen LogP contribution >= 0.6 is 27.3 Å². The van der Waals surface area contributed by atoms with Crippen LogP contribution in [0.25, 0.3) is 0 Å². The molecule has 20 heavy (non-hydrogen) atoms. The average Bonchev–Trinajstić information content (AvgIpc) is 2.93. The molecule has 1 aromatic heterocycles. The van der Waals surface area contributed by atoms with Crippen LogP contribution in [-0.2, 0) is 0 Å². The zero-order valence-corrected chi connectivity index (χ0v) is 12.8. The predicted octanol–water partition coefficient (Wildman–Crippen LogP) is 4.83. The van der Waals surface area contributed by atoms with Crippen molar-refractivity contribution in [1.29, 1.82) is 0 Å². The minimum atomic E-state index is -1.02. The van der Waals surface area contributed by atoms with Crippen LogP contribution in [0.1, 0.15) is 22.5 Å². The lowest BCUT2D eigenvalue weighted by Crippen LogP contribution is -2.04. The first-order valence-corrected chi connectivity index (χ1v) is 7.59. The monoisotopic (exact) mass is 360 g/mol. The first-order valence-electron chi connectivity index (χ1n) is 5.92. The van der Waals surface area contributed by atoms with Gasteiger partial charge in [0.2, 0.25) is 5.82 Å². The number of carbonyl (C=O) groups is 1. The van der Waals surface area contributed by atoms with E-state index in [0.29, 0.717) is 22.2 Å². The van der Waals surface area contributed by atoms with Gasteiger partial charge in [-0.3, -0.25) is 4.79 Å². The lowest BCUT2D eigenvalue weighted by atomic mass is 10.2. The van der Waals surface area contributed by atoms with E-state index in [1.54, 1.807) is 6.07 Å². The van der Waals surface area contributed by atoms with Crippen LogP contribution in [0.3, 0.4) is 0 Å². The van der Waals surface area contributed by atoms with Crippen LogP contribution in [0.4, 0.5) is 8.78 Å². The molecular formula is C14H11BrF2O2S. The van der Waals surface area contributed by atoms with Crippen molar-refractivity contribution in [3.8, 4) is 5.75 Å². The number of Topliss-reactive ketones (excluding diaryl/α,β-unsaturated/α-hetero) is 1. The second kappa shape index (κ2) is 6.95. The van der Waals surface area contributed by atoms with Gasteiger partial charge >= 0.3 is 0 Å². The summed E-state index contributed by atoms with van der Waals surface area (Å²) in [5.74, 6) is -2.10. The molecule has 0 aliphatic heterocycles. The third-order valence-corrected chi connectivity index (χ3v) is 3.93. The van der Waals surface area contributed by atoms with Crippen LogP contribution in [-0.4, -0.2) is 12.4 Å². The number of ether oxygens (including phenoxy) is 1. The van der Waals surface area contributed by atoms with E-state index < -0.39 is 11.6 Å². The number of thiophene rings is 1. The van der Waals surface area contributed by atoms with Gasteiger partial charge in [0.1, 0.15) is 0 Å². The summed E-state index contributed by atoms with van der Waals surface area (Å²) >= 11 is 4.45. The average molecular weight is 361 g/mol. The maximum absolute atomic E-state index is 13.4. The Morgan fingerprint density at radius 3 is 2.85 bits per heavy atom. The molecule has 1 heterocycles. The Balaban J connectivity index is 1.83. The third kappa shape index (κ3) is 3.86. The van der Waals surface area contributed by atoms with Gasteiger partial charge in [-0.25, -0.2) is 4.39 Å². The molecule has 0 aliphatic carbocycles. The molecule has 0 unspecified atom stereocenters. The van der Waals surface area contributed by atoms with Crippen molar-refractivity contribution in [1.82, 2.24) is 0 Å². The SMILES string of the molecule is O=C(CCCOc1cc(Br)cc(F)c1F)c1cccs1. The summed E-state index contributed by atoms with van der Waals surface area (Å²) in [5.41, 5.74) is 0. The maximum Gasteiger partial charge on any atom is 0.200 e. The summed E-state index contributed by atoms with van der Waals surface area (Å²) in [7, 11) is 0. The van der Waals surface area contributed by atoms with E-state index in [2.05, 4.69) is 15.9 Å². The summed E-state index contributed by atoms with van der Waals surface area (Å²) in [4.78, 5) is 12.4. The second-order valence-corrected chi connectivity index (χ2v) is 5.92. The Bertz CT molecular complexity index is 599. The topological polar surface area (TPSA) is 26.3 Å². The van der Waals surface area contributed by atoms with E-state index >= 15 is 0 Å². The zero-order chi connectivity index (χ0) is 14.5. The fourth-order valence-electron chi connectivity index (χ4n) is 1.61. The van der Waals surface area contributed by atoms with Crippen molar-refractivity contribution < 1.29 is 18.3 Å². The third-order valence-electron chi connectivity index (χ3n) is 2.56. The van der Waals surface area contributed by atoms with Crippen LogP contribution in [0.15, 0.2) is 34.1 Å². The lowest BCUT2D eigenvalue weighted by Gasteiger charge is -2.08. The minimum absolute atomic E-state index is 0.0319. The second-order valence-electron chi connectivity index (χ2n) is 4.05. The van der Waals surface area contributed by atoms with Crippen LogP contribution in [0.5, 0.6) is 5.75 Å². The van der Waals surface area contributed by atoms with Crippen LogP contribution < -0.4 is 4.74 Å². The molecule has 2 aromatic rings. The molecule has 0 saturated heterocycles. The Kier molecular flexibility index (Phi) is 5.25. The number of halogens is 3. The summed E-state index contributed by atoms with van der Waals surface area (Å²) in [6.45, 7) is 0.157. The molecule has 106 valence electrons. The van der Waals surface area contributed by atoms with Crippen molar-refractivity contribution in [2.24, 2.45) is 0 Å². The molecule has 0 saturated carbocycles. The molecule has 2 nitrogen and oxygen atoms in total. The predicted molar refractivity (Wildman–Crippen MR) is 77.4 cm³/mol. The Morgan fingerprint density at radius 1 is 1.35 bits per heavy atom. The van der Waals surface area contributed by atoms with Gasteiger partial charge in [-0.15, -0.1) is 11.3 Å². The van der Waals surface area contributed by atoms with Gasteiger partial charge in [0, 0.05) is 10.9 Å². The molecule has 0 N–H and O–H groups in total. The van der Waals surface area contributed by atoms with Crippen molar-refractivity contribution in [2.45, 2.75) is 12.8 Å². The number of hydrogen-bond acceptors (Lipinski definition) is 3. The summed E-state index contributed by atoms with van der Waals surface area (Å²) in [6.07, 6.45) is 0.767. The number of rotatable bonds is 6. The van der Waals surface area contributed by atoms with Gasteiger partial charge in [-0.1, -0.05) is 22.0 Å². The molecule has 1 aromatic carbocycles. The Hall–Kier alpha value is -1.27. The van der Waals surface area contributed by atoms with Gasteiger partial charge in [0.25, 0.3) is 0 Å². The fourth-order valence-corrected chi connectivity index (χ4v) is 2.72. The molecule has 0 fully saturated rings. The molecule has 2 rings (SSSR count). The van der Waals surface area contributed by atoms with E-state index in [0.717, 1.165) is 6.07 Å². The normalized spacial score (nSPS) is 10.6. The zero-order valence-electron chi connectivity index (χ0n) is 10.4. The molecule has 0 aliphatic rings.